The highest BCUT2D eigenvalue weighted by molar-refractivity contribution is 6.39. The molecule has 1 aliphatic rings. The number of amides is 1. The number of carbonyl (C=O) groups excluding carboxylic acids is 1. The number of aromatic nitrogens is 2. The Hall–Kier alpha value is -2.08. The van der Waals surface area contributed by atoms with Gasteiger partial charge in [-0.15, -0.1) is 0 Å². The minimum absolute atomic E-state index is 0.00995. The summed E-state index contributed by atoms with van der Waals surface area (Å²) in [4.78, 5) is 12.7. The first-order chi connectivity index (χ1) is 13.6. The molecule has 1 heterocycles. The number of hydrogen-bond donors (Lipinski definition) is 3. The summed E-state index contributed by atoms with van der Waals surface area (Å²) < 4.78 is 0. The van der Waals surface area contributed by atoms with Crippen LogP contribution in [0.15, 0.2) is 36.4 Å². The first-order valence-corrected chi connectivity index (χ1v) is 10.3. The summed E-state index contributed by atoms with van der Waals surface area (Å²) in [5, 5.41) is 12.3. The van der Waals surface area contributed by atoms with Gasteiger partial charge in [0.15, 0.2) is 5.82 Å². The van der Waals surface area contributed by atoms with Crippen LogP contribution >= 0.6 is 23.2 Å². The maximum Gasteiger partial charge on any atom is 0.228 e. The van der Waals surface area contributed by atoms with Gasteiger partial charge >= 0.3 is 0 Å². The van der Waals surface area contributed by atoms with Gasteiger partial charge in [-0.3, -0.25) is 9.89 Å². The van der Waals surface area contributed by atoms with Gasteiger partial charge in [0, 0.05) is 26.9 Å². The Kier molecular flexibility index (Phi) is 5.58. The molecule has 4 rings (SSSR count). The van der Waals surface area contributed by atoms with Crippen LogP contribution in [-0.4, -0.2) is 22.6 Å². The molecule has 0 aliphatic heterocycles. The van der Waals surface area contributed by atoms with Crippen molar-refractivity contribution < 1.29 is 4.79 Å². The van der Waals surface area contributed by atoms with Crippen LogP contribution in [0, 0.1) is 11.8 Å². The lowest BCUT2D eigenvalue weighted by molar-refractivity contribution is -0.121. The molecule has 1 saturated carbocycles. The Labute approximate surface area is 173 Å². The molecule has 2 aromatic carbocycles. The fourth-order valence-electron chi connectivity index (χ4n) is 3.92. The molecule has 7 heteroatoms. The highest BCUT2D eigenvalue weighted by atomic mass is 35.5. The first kappa shape index (κ1) is 19.2. The van der Waals surface area contributed by atoms with Gasteiger partial charge in [-0.1, -0.05) is 35.3 Å². The van der Waals surface area contributed by atoms with Crippen molar-refractivity contribution in [1.29, 1.82) is 0 Å². The van der Waals surface area contributed by atoms with Crippen LogP contribution in [0.2, 0.25) is 10.0 Å². The number of anilines is 1. The smallest absolute Gasteiger partial charge is 0.228 e. The molecule has 1 aliphatic carbocycles. The van der Waals surface area contributed by atoms with Crippen molar-refractivity contribution in [2.45, 2.75) is 25.7 Å². The quantitative estimate of drug-likeness (QED) is 0.543. The Morgan fingerprint density at radius 2 is 1.86 bits per heavy atom. The van der Waals surface area contributed by atoms with Crippen LogP contribution in [0.3, 0.4) is 0 Å². The maximum atomic E-state index is 12.7. The summed E-state index contributed by atoms with van der Waals surface area (Å²) in [6, 6.07) is 11.2. The van der Waals surface area contributed by atoms with Gasteiger partial charge in [0.25, 0.3) is 0 Å². The summed E-state index contributed by atoms with van der Waals surface area (Å²) in [7, 11) is 0. The predicted octanol–water partition coefficient (Wildman–Crippen LogP) is 5.24. The first-order valence-electron chi connectivity index (χ1n) is 9.50. The molecule has 3 aromatic rings. The molecule has 0 spiro atoms. The van der Waals surface area contributed by atoms with Crippen LogP contribution in [0.1, 0.15) is 25.7 Å². The van der Waals surface area contributed by atoms with Gasteiger partial charge in [-0.25, -0.2) is 0 Å². The summed E-state index contributed by atoms with van der Waals surface area (Å²) in [5.41, 5.74) is 8.24. The fourth-order valence-corrected chi connectivity index (χ4v) is 4.53. The van der Waals surface area contributed by atoms with Crippen LogP contribution in [0.4, 0.5) is 5.82 Å². The van der Waals surface area contributed by atoms with Gasteiger partial charge < -0.3 is 11.1 Å². The topological polar surface area (TPSA) is 83.8 Å². The van der Waals surface area contributed by atoms with E-state index < -0.39 is 0 Å². The average Bonchev–Trinajstić information content (AvgIpc) is 3.10. The number of rotatable bonds is 4. The Bertz CT molecular complexity index is 989. The average molecular weight is 417 g/mol. The number of nitrogens with zero attached hydrogens (tertiary/aromatic N) is 1. The lowest BCUT2D eigenvalue weighted by Crippen LogP contribution is -2.29. The minimum atomic E-state index is 0.00995. The van der Waals surface area contributed by atoms with Crippen LogP contribution < -0.4 is 11.1 Å². The lowest BCUT2D eigenvalue weighted by atomic mass is 9.81. The third-order valence-electron chi connectivity index (χ3n) is 5.61. The molecule has 5 nitrogen and oxygen atoms in total. The third-order valence-corrected chi connectivity index (χ3v) is 6.24. The number of halogens is 2. The molecule has 146 valence electrons. The van der Waals surface area contributed by atoms with Gasteiger partial charge in [-0.05, 0) is 68.0 Å². The van der Waals surface area contributed by atoms with E-state index in [-0.39, 0.29) is 11.8 Å². The summed E-state index contributed by atoms with van der Waals surface area (Å²) in [5.74, 6) is 1.10. The van der Waals surface area contributed by atoms with Crippen molar-refractivity contribution in [2.75, 3.05) is 11.9 Å². The van der Waals surface area contributed by atoms with E-state index in [1.54, 1.807) is 0 Å². The summed E-state index contributed by atoms with van der Waals surface area (Å²) in [6.45, 7) is 0.700. The predicted molar refractivity (Wildman–Crippen MR) is 115 cm³/mol. The number of fused-ring (bicyclic) bond motifs is 1. The van der Waals surface area contributed by atoms with Gasteiger partial charge in [0.05, 0.1) is 5.52 Å². The molecule has 4 N–H and O–H groups in total. The van der Waals surface area contributed by atoms with E-state index in [4.69, 9.17) is 28.9 Å². The molecule has 0 bridgehead atoms. The second-order valence-electron chi connectivity index (χ2n) is 7.37. The van der Waals surface area contributed by atoms with Gasteiger partial charge in [0.1, 0.15) is 0 Å². The molecule has 28 heavy (non-hydrogen) atoms. The number of benzene rings is 2. The summed E-state index contributed by atoms with van der Waals surface area (Å²) in [6.07, 6.45) is 3.75. The number of hydrogen-bond acceptors (Lipinski definition) is 3. The maximum absolute atomic E-state index is 12.7. The number of aromatic amines is 1. The van der Waals surface area contributed by atoms with E-state index in [0.29, 0.717) is 28.3 Å². The zero-order valence-electron chi connectivity index (χ0n) is 15.3. The Balaban J connectivity index is 1.59. The van der Waals surface area contributed by atoms with Gasteiger partial charge in [-0.2, -0.15) is 5.10 Å². The molecule has 0 unspecified atom stereocenters. The van der Waals surface area contributed by atoms with Crippen LogP contribution in [0.25, 0.3) is 22.0 Å². The normalized spacial score (nSPS) is 19.7. The molecule has 0 radical (unpaired) electrons. The molecule has 1 amide bonds. The fraction of sp³-hybridized carbons (Fsp3) is 0.333. The molecular weight excluding hydrogens is 395 g/mol. The highest BCUT2D eigenvalue weighted by Gasteiger charge is 2.26. The van der Waals surface area contributed by atoms with E-state index in [0.717, 1.165) is 47.7 Å². The van der Waals surface area contributed by atoms with Crippen LogP contribution in [-0.2, 0) is 4.79 Å². The molecular formula is C21H22Cl2N4O. The van der Waals surface area contributed by atoms with Crippen molar-refractivity contribution in [3.05, 3.63) is 46.4 Å². The van der Waals surface area contributed by atoms with Crippen molar-refractivity contribution in [1.82, 2.24) is 10.2 Å². The van der Waals surface area contributed by atoms with E-state index in [1.807, 2.05) is 36.4 Å². The van der Waals surface area contributed by atoms with E-state index in [9.17, 15) is 4.79 Å². The van der Waals surface area contributed by atoms with E-state index in [1.165, 1.54) is 0 Å². The van der Waals surface area contributed by atoms with Crippen molar-refractivity contribution >= 4 is 45.8 Å². The number of carbonyl (C=O) groups is 1. The lowest BCUT2D eigenvalue weighted by Gasteiger charge is -2.26. The Morgan fingerprint density at radius 1 is 1.14 bits per heavy atom. The highest BCUT2D eigenvalue weighted by Crippen LogP contribution is 2.37. The third kappa shape index (κ3) is 3.75. The summed E-state index contributed by atoms with van der Waals surface area (Å²) >= 11 is 12.7. The molecule has 1 aromatic heterocycles. The minimum Gasteiger partial charge on any atom is -0.330 e. The van der Waals surface area contributed by atoms with Crippen molar-refractivity contribution in [3.63, 3.8) is 0 Å². The zero-order valence-corrected chi connectivity index (χ0v) is 16.9. The largest absolute Gasteiger partial charge is 0.330 e. The number of nitrogens with two attached hydrogens (primary N) is 1. The van der Waals surface area contributed by atoms with Crippen molar-refractivity contribution in [2.24, 2.45) is 17.6 Å². The van der Waals surface area contributed by atoms with Crippen LogP contribution in [0.5, 0.6) is 0 Å². The van der Waals surface area contributed by atoms with Gasteiger partial charge in [0.2, 0.25) is 5.91 Å². The zero-order chi connectivity index (χ0) is 19.7. The second-order valence-corrected chi connectivity index (χ2v) is 8.19. The molecule has 1 fully saturated rings. The standard InChI is InChI=1S/C21H22Cl2N4O/c22-16-2-1-3-17(23)19(16)14-8-9-18-15(10-14)20(27-26-18)25-21(28)13-6-4-12(11-24)5-7-13/h1-3,8-10,12-13H,4-7,11,24H2,(H2,25,26,27,28)/t12-,13-. The second kappa shape index (κ2) is 8.11. The van der Waals surface area contributed by atoms with E-state index >= 15 is 0 Å². The van der Waals surface area contributed by atoms with Crippen molar-refractivity contribution in [3.8, 4) is 11.1 Å². The van der Waals surface area contributed by atoms with E-state index in [2.05, 4.69) is 15.5 Å². The number of H-pyrrole nitrogens is 1. The SMILES string of the molecule is NC[C@H]1CC[C@H](C(=O)Nc2n[nH]c3ccc(-c4c(Cl)cccc4Cl)cc23)CC1. The molecule has 0 saturated heterocycles. The number of nitrogens with one attached hydrogen (secondary N) is 2. The monoisotopic (exact) mass is 416 g/mol. The molecule has 0 atom stereocenters. The Morgan fingerprint density at radius 3 is 2.54 bits per heavy atom.